The van der Waals surface area contributed by atoms with Gasteiger partial charge in [0, 0.05) is 5.92 Å². The third-order valence-electron chi connectivity index (χ3n) is 2.50. The maximum atomic E-state index is 13.4. The van der Waals surface area contributed by atoms with E-state index in [1.165, 1.54) is 0 Å². The van der Waals surface area contributed by atoms with Crippen LogP contribution in [0, 0.1) is 5.92 Å². The van der Waals surface area contributed by atoms with Crippen LogP contribution in [0.3, 0.4) is 0 Å². The molecule has 1 aliphatic rings. The molecule has 78 valence electrons. The fourth-order valence-corrected chi connectivity index (χ4v) is 2.07. The molecule has 1 fully saturated rings. The van der Waals surface area contributed by atoms with Crippen LogP contribution in [0.5, 0.6) is 0 Å². The van der Waals surface area contributed by atoms with E-state index in [0.29, 0.717) is 12.8 Å². The third kappa shape index (κ3) is 2.44. The Morgan fingerprint density at radius 2 is 1.38 bits per heavy atom. The van der Waals surface area contributed by atoms with Crippen LogP contribution >= 0.6 is 23.2 Å². The van der Waals surface area contributed by atoms with Gasteiger partial charge in [-0.3, -0.25) is 0 Å². The third-order valence-corrected chi connectivity index (χ3v) is 3.41. The summed E-state index contributed by atoms with van der Waals surface area (Å²) in [4.78, 5) is 0. The fourth-order valence-electron chi connectivity index (χ4n) is 1.70. The van der Waals surface area contributed by atoms with Crippen molar-refractivity contribution in [2.45, 2.75) is 42.6 Å². The van der Waals surface area contributed by atoms with E-state index in [0.717, 1.165) is 19.3 Å². The molecule has 0 bridgehead atoms. The first-order chi connectivity index (χ1) is 5.86. The summed E-state index contributed by atoms with van der Waals surface area (Å²) in [6.45, 7) is 0. The fraction of sp³-hybridized carbons (Fsp3) is 1.00. The summed E-state index contributed by atoms with van der Waals surface area (Å²) in [5.74, 6) is -0.824. The van der Waals surface area contributed by atoms with E-state index in [9.17, 15) is 13.2 Å². The lowest BCUT2D eigenvalue weighted by atomic mass is 9.85. The highest BCUT2D eigenvalue weighted by atomic mass is 35.5. The molecule has 0 radical (unpaired) electrons. The molecule has 1 rings (SSSR count). The normalized spacial score (nSPS) is 25.6. The highest BCUT2D eigenvalue weighted by molar-refractivity contribution is 6.32. The summed E-state index contributed by atoms with van der Waals surface area (Å²) in [5.41, 5.74) is 0. The highest BCUT2D eigenvalue weighted by Gasteiger charge is 2.57. The molecule has 0 heterocycles. The van der Waals surface area contributed by atoms with Crippen molar-refractivity contribution in [2.24, 2.45) is 5.92 Å². The second-order valence-electron chi connectivity index (χ2n) is 3.46. The van der Waals surface area contributed by atoms with E-state index < -0.39 is 16.4 Å². The maximum absolute atomic E-state index is 13.4. The molecule has 0 aromatic heterocycles. The van der Waals surface area contributed by atoms with Gasteiger partial charge in [-0.2, -0.15) is 8.78 Å². The first-order valence-electron chi connectivity index (χ1n) is 4.30. The van der Waals surface area contributed by atoms with Gasteiger partial charge >= 0.3 is 5.38 Å². The van der Waals surface area contributed by atoms with Crippen LogP contribution in [0.4, 0.5) is 13.2 Å². The Kier molecular flexibility index (Phi) is 3.39. The maximum Gasteiger partial charge on any atom is 0.369 e. The SMILES string of the molecule is FC(F)(Cl)C(F)(Cl)C1CCCCC1. The standard InChI is InChI=1S/C8H11Cl2F3/c9-7(11,8(10,12)13)6-4-2-1-3-5-6/h6H,1-5H2. The van der Waals surface area contributed by atoms with E-state index in [2.05, 4.69) is 11.6 Å². The Bertz CT molecular complexity index is 171. The first-order valence-corrected chi connectivity index (χ1v) is 5.06. The molecule has 1 saturated carbocycles. The summed E-state index contributed by atoms with van der Waals surface area (Å²) in [6.07, 6.45) is 3.23. The summed E-state index contributed by atoms with van der Waals surface area (Å²) in [7, 11) is 0. The lowest BCUT2D eigenvalue weighted by molar-refractivity contribution is -0.0594. The molecule has 1 unspecified atom stereocenters. The number of alkyl halides is 5. The van der Waals surface area contributed by atoms with Crippen molar-refractivity contribution >= 4 is 23.2 Å². The van der Waals surface area contributed by atoms with Gasteiger partial charge in [0.25, 0.3) is 5.13 Å². The van der Waals surface area contributed by atoms with Crippen LogP contribution in [-0.4, -0.2) is 10.5 Å². The van der Waals surface area contributed by atoms with Crippen LogP contribution in [0.15, 0.2) is 0 Å². The zero-order valence-corrected chi connectivity index (χ0v) is 8.51. The molecule has 0 N–H and O–H groups in total. The van der Waals surface area contributed by atoms with Crippen molar-refractivity contribution in [1.29, 1.82) is 0 Å². The molecule has 5 heteroatoms. The molecule has 0 nitrogen and oxygen atoms in total. The Hall–Kier alpha value is 0.370. The lowest BCUT2D eigenvalue weighted by Crippen LogP contribution is -2.42. The second-order valence-corrected chi connectivity index (χ2v) is 4.48. The summed E-state index contributed by atoms with van der Waals surface area (Å²) >= 11 is 9.76. The average molecular weight is 235 g/mol. The quantitative estimate of drug-likeness (QED) is 0.626. The average Bonchev–Trinajstić information content (AvgIpc) is 2.04. The Morgan fingerprint density at radius 3 is 1.77 bits per heavy atom. The van der Waals surface area contributed by atoms with Gasteiger partial charge in [0.15, 0.2) is 0 Å². The van der Waals surface area contributed by atoms with Crippen molar-refractivity contribution in [3.63, 3.8) is 0 Å². The van der Waals surface area contributed by atoms with Crippen molar-refractivity contribution in [3.8, 4) is 0 Å². The minimum absolute atomic E-state index is 0.391. The largest absolute Gasteiger partial charge is 0.369 e. The van der Waals surface area contributed by atoms with Crippen molar-refractivity contribution < 1.29 is 13.2 Å². The Balaban J connectivity index is 2.67. The number of hydrogen-bond acceptors (Lipinski definition) is 0. The molecule has 13 heavy (non-hydrogen) atoms. The minimum Gasteiger partial charge on any atom is -0.218 e. The zero-order valence-electron chi connectivity index (χ0n) is 7.00. The summed E-state index contributed by atoms with van der Waals surface area (Å²) in [6, 6.07) is 0. The lowest BCUT2D eigenvalue weighted by Gasteiger charge is -2.33. The van der Waals surface area contributed by atoms with Crippen LogP contribution in [-0.2, 0) is 0 Å². The summed E-state index contributed by atoms with van der Waals surface area (Å²) < 4.78 is 38.5. The molecule has 1 atom stereocenters. The van der Waals surface area contributed by atoms with Gasteiger partial charge < -0.3 is 0 Å². The predicted octanol–water partition coefficient (Wildman–Crippen LogP) is 4.30. The second kappa shape index (κ2) is 3.85. The van der Waals surface area contributed by atoms with Gasteiger partial charge in [0.1, 0.15) is 0 Å². The summed E-state index contributed by atoms with van der Waals surface area (Å²) in [5, 5.41) is -7.06. The van der Waals surface area contributed by atoms with Crippen molar-refractivity contribution in [1.82, 2.24) is 0 Å². The molecular weight excluding hydrogens is 224 g/mol. The minimum atomic E-state index is -3.98. The smallest absolute Gasteiger partial charge is 0.218 e. The Labute approximate surface area is 85.4 Å². The number of halogens is 5. The van der Waals surface area contributed by atoms with Crippen molar-refractivity contribution in [3.05, 3.63) is 0 Å². The zero-order chi connectivity index (χ0) is 10.1. The van der Waals surface area contributed by atoms with Crippen LogP contribution in [0.25, 0.3) is 0 Å². The molecule has 0 saturated heterocycles. The highest BCUT2D eigenvalue weighted by Crippen LogP contribution is 2.49. The van der Waals surface area contributed by atoms with Crippen LogP contribution in [0.2, 0.25) is 0 Å². The van der Waals surface area contributed by atoms with E-state index in [1.807, 2.05) is 0 Å². The molecule has 0 aromatic rings. The molecule has 0 aliphatic heterocycles. The number of hydrogen-bond donors (Lipinski definition) is 0. The molecule has 1 aliphatic carbocycles. The van der Waals surface area contributed by atoms with Gasteiger partial charge in [-0.25, -0.2) is 4.39 Å². The molecular formula is C8H11Cl2F3. The van der Waals surface area contributed by atoms with E-state index in [4.69, 9.17) is 11.6 Å². The van der Waals surface area contributed by atoms with Gasteiger partial charge in [-0.15, -0.1) is 0 Å². The number of rotatable bonds is 2. The monoisotopic (exact) mass is 234 g/mol. The van der Waals surface area contributed by atoms with Gasteiger partial charge in [-0.05, 0) is 24.4 Å². The van der Waals surface area contributed by atoms with Crippen molar-refractivity contribution in [2.75, 3.05) is 0 Å². The van der Waals surface area contributed by atoms with E-state index in [-0.39, 0.29) is 0 Å². The predicted molar refractivity (Wildman–Crippen MR) is 47.1 cm³/mol. The van der Waals surface area contributed by atoms with E-state index in [1.54, 1.807) is 0 Å². The van der Waals surface area contributed by atoms with Crippen LogP contribution in [0.1, 0.15) is 32.1 Å². The molecule has 0 amide bonds. The van der Waals surface area contributed by atoms with E-state index >= 15 is 0 Å². The van der Waals surface area contributed by atoms with Gasteiger partial charge in [0.2, 0.25) is 0 Å². The van der Waals surface area contributed by atoms with Gasteiger partial charge in [-0.1, -0.05) is 30.9 Å². The van der Waals surface area contributed by atoms with Crippen LogP contribution < -0.4 is 0 Å². The topological polar surface area (TPSA) is 0 Å². The first kappa shape index (κ1) is 11.4. The molecule has 0 spiro atoms. The van der Waals surface area contributed by atoms with Gasteiger partial charge in [0.05, 0.1) is 0 Å². The molecule has 0 aromatic carbocycles. The Morgan fingerprint density at radius 1 is 0.923 bits per heavy atom.